The van der Waals surface area contributed by atoms with Gasteiger partial charge >= 0.3 is 6.36 Å². The molecule has 1 aliphatic rings. The minimum atomic E-state index is -4.78. The van der Waals surface area contributed by atoms with E-state index in [0.29, 0.717) is 17.9 Å². The van der Waals surface area contributed by atoms with E-state index in [1.807, 2.05) is 24.3 Å². The topological polar surface area (TPSA) is 66.1 Å². The van der Waals surface area contributed by atoms with E-state index in [2.05, 4.69) is 25.2 Å². The molecule has 184 valence electrons. The molecule has 0 radical (unpaired) electrons. The maximum absolute atomic E-state index is 12.6. The van der Waals surface area contributed by atoms with Gasteiger partial charge in [0.1, 0.15) is 16.5 Å². The summed E-state index contributed by atoms with van der Waals surface area (Å²) in [6.07, 6.45) is -4.78. The zero-order chi connectivity index (χ0) is 24.7. The molecular formula is C23H26ClF3N4O3. The smallest absolute Gasteiger partial charge is 0.495 e. The van der Waals surface area contributed by atoms with Crippen LogP contribution in [0.5, 0.6) is 11.5 Å². The number of amides is 1. The number of alkyl halides is 3. The van der Waals surface area contributed by atoms with Gasteiger partial charge in [0.05, 0.1) is 12.8 Å². The van der Waals surface area contributed by atoms with Crippen LogP contribution in [0.25, 0.3) is 0 Å². The highest BCUT2D eigenvalue weighted by Gasteiger charge is 2.31. The summed E-state index contributed by atoms with van der Waals surface area (Å²) < 4.78 is 46.1. The third-order valence-electron chi connectivity index (χ3n) is 5.29. The monoisotopic (exact) mass is 498 g/mol. The van der Waals surface area contributed by atoms with E-state index >= 15 is 0 Å². The minimum absolute atomic E-state index is 0.0229. The molecule has 0 unspecified atom stereocenters. The molecule has 2 aromatic rings. The Balaban J connectivity index is 1.58. The Labute approximate surface area is 201 Å². The normalized spacial score (nSPS) is 15.4. The lowest BCUT2D eigenvalue weighted by Gasteiger charge is -2.37. The number of nitrogens with zero attached hydrogens (tertiary/aromatic N) is 2. The Morgan fingerprint density at radius 2 is 1.71 bits per heavy atom. The lowest BCUT2D eigenvalue weighted by atomic mass is 10.2. The lowest BCUT2D eigenvalue weighted by molar-refractivity contribution is -0.274. The molecule has 7 nitrogen and oxygen atoms in total. The number of rotatable bonds is 8. The molecule has 0 aromatic heterocycles. The van der Waals surface area contributed by atoms with Crippen molar-refractivity contribution in [2.75, 3.05) is 57.1 Å². The summed E-state index contributed by atoms with van der Waals surface area (Å²) in [5, 5.41) is 5.53. The SMILES string of the molecule is CN/C(CN1CCN(c2ccccc2OC)CC1)=C(/Cl)C(=O)Nc1ccc(OC(F)(F)F)cc1. The molecule has 1 heterocycles. The first-order chi connectivity index (χ1) is 16.2. The Kier molecular flexibility index (Phi) is 8.51. The summed E-state index contributed by atoms with van der Waals surface area (Å²) in [6, 6.07) is 12.7. The number of benzene rings is 2. The maximum atomic E-state index is 12.6. The number of ether oxygens (including phenoxy) is 2. The summed E-state index contributed by atoms with van der Waals surface area (Å²) in [7, 11) is 3.33. The summed E-state index contributed by atoms with van der Waals surface area (Å²) in [4.78, 5) is 17.0. The van der Waals surface area contributed by atoms with Crippen LogP contribution < -0.4 is 25.0 Å². The second-order valence-corrected chi connectivity index (χ2v) is 7.88. The molecule has 0 atom stereocenters. The van der Waals surface area contributed by atoms with Gasteiger partial charge in [-0.15, -0.1) is 13.2 Å². The van der Waals surface area contributed by atoms with Crippen molar-refractivity contribution in [2.24, 2.45) is 0 Å². The Morgan fingerprint density at radius 1 is 1.06 bits per heavy atom. The van der Waals surface area contributed by atoms with Crippen molar-refractivity contribution < 1.29 is 27.4 Å². The summed E-state index contributed by atoms with van der Waals surface area (Å²) >= 11 is 6.33. The standard InChI is InChI=1S/C23H26ClF3N4O3/c1-28-18(15-30-11-13-31(14-12-30)19-5-3-4-6-20(19)33-2)21(24)22(32)29-16-7-9-17(10-8-16)34-23(25,26)27/h3-10,28H,11-15H2,1-2H3,(H,29,32)/b21-18+. The van der Waals surface area contributed by atoms with Gasteiger partial charge < -0.3 is 25.0 Å². The molecule has 3 rings (SSSR count). The minimum Gasteiger partial charge on any atom is -0.495 e. The molecular weight excluding hydrogens is 473 g/mol. The first kappa shape index (κ1) is 25.5. The van der Waals surface area contributed by atoms with E-state index in [-0.39, 0.29) is 10.8 Å². The highest BCUT2D eigenvalue weighted by Crippen LogP contribution is 2.28. The molecule has 0 saturated carbocycles. The first-order valence-corrected chi connectivity index (χ1v) is 10.9. The molecule has 0 spiro atoms. The van der Waals surface area contributed by atoms with Crippen molar-refractivity contribution in [1.29, 1.82) is 0 Å². The first-order valence-electron chi connectivity index (χ1n) is 10.5. The van der Waals surface area contributed by atoms with E-state index < -0.39 is 12.3 Å². The highest BCUT2D eigenvalue weighted by molar-refractivity contribution is 6.44. The van der Waals surface area contributed by atoms with E-state index in [1.165, 1.54) is 12.1 Å². The van der Waals surface area contributed by atoms with Crippen LogP contribution in [-0.4, -0.2) is 64.1 Å². The fraction of sp³-hybridized carbons (Fsp3) is 0.348. The average molecular weight is 499 g/mol. The quantitative estimate of drug-likeness (QED) is 0.536. The van der Waals surface area contributed by atoms with Gasteiger partial charge in [0, 0.05) is 51.2 Å². The van der Waals surface area contributed by atoms with Gasteiger partial charge in [-0.3, -0.25) is 9.69 Å². The van der Waals surface area contributed by atoms with Crippen LogP contribution in [0.3, 0.4) is 0 Å². The van der Waals surface area contributed by atoms with Crippen LogP contribution in [0.15, 0.2) is 59.3 Å². The molecule has 11 heteroatoms. The van der Waals surface area contributed by atoms with E-state index in [9.17, 15) is 18.0 Å². The van der Waals surface area contributed by atoms with Gasteiger partial charge in [0.25, 0.3) is 5.91 Å². The number of likely N-dealkylation sites (N-methyl/N-ethyl adjacent to an activating group) is 1. The van der Waals surface area contributed by atoms with Crippen LogP contribution in [0.1, 0.15) is 0 Å². The third kappa shape index (κ3) is 6.94. The summed E-state index contributed by atoms with van der Waals surface area (Å²) in [5.74, 6) is -0.122. The van der Waals surface area contributed by atoms with Crippen molar-refractivity contribution >= 4 is 28.9 Å². The van der Waals surface area contributed by atoms with Gasteiger partial charge in [-0.05, 0) is 36.4 Å². The third-order valence-corrected chi connectivity index (χ3v) is 5.69. The number of anilines is 2. The molecule has 0 aliphatic carbocycles. The largest absolute Gasteiger partial charge is 0.573 e. The van der Waals surface area contributed by atoms with Crippen LogP contribution in [0.4, 0.5) is 24.5 Å². The van der Waals surface area contributed by atoms with Crippen LogP contribution in [0, 0.1) is 0 Å². The van der Waals surface area contributed by atoms with Crippen LogP contribution in [-0.2, 0) is 4.79 Å². The van der Waals surface area contributed by atoms with Crippen molar-refractivity contribution in [3.05, 3.63) is 59.3 Å². The number of methoxy groups -OCH3 is 1. The van der Waals surface area contributed by atoms with Crippen molar-refractivity contribution in [1.82, 2.24) is 10.2 Å². The highest BCUT2D eigenvalue weighted by atomic mass is 35.5. The van der Waals surface area contributed by atoms with Crippen molar-refractivity contribution in [3.63, 3.8) is 0 Å². The summed E-state index contributed by atoms with van der Waals surface area (Å²) in [6.45, 7) is 3.54. The van der Waals surface area contributed by atoms with Gasteiger partial charge in [0.2, 0.25) is 0 Å². The fourth-order valence-corrected chi connectivity index (χ4v) is 3.78. The van der Waals surface area contributed by atoms with Gasteiger partial charge in [-0.1, -0.05) is 23.7 Å². The lowest BCUT2D eigenvalue weighted by Crippen LogP contribution is -2.47. The predicted molar refractivity (Wildman–Crippen MR) is 125 cm³/mol. The number of halogens is 4. The van der Waals surface area contributed by atoms with E-state index in [0.717, 1.165) is 49.7 Å². The molecule has 1 aliphatic heterocycles. The molecule has 2 aromatic carbocycles. The Hall–Kier alpha value is -3.11. The fourth-order valence-electron chi connectivity index (χ4n) is 3.58. The van der Waals surface area contributed by atoms with Crippen molar-refractivity contribution in [3.8, 4) is 11.5 Å². The predicted octanol–water partition coefficient (Wildman–Crippen LogP) is 4.02. The molecule has 1 amide bonds. The molecule has 34 heavy (non-hydrogen) atoms. The zero-order valence-electron chi connectivity index (χ0n) is 18.8. The number of para-hydroxylation sites is 2. The average Bonchev–Trinajstić information content (AvgIpc) is 2.82. The molecule has 2 N–H and O–H groups in total. The number of carbonyl (C=O) groups is 1. The van der Waals surface area contributed by atoms with E-state index in [1.54, 1.807) is 14.2 Å². The molecule has 1 fully saturated rings. The Bertz CT molecular complexity index is 1010. The molecule has 1 saturated heterocycles. The van der Waals surface area contributed by atoms with Gasteiger partial charge in [-0.25, -0.2) is 0 Å². The number of carbonyl (C=O) groups excluding carboxylic acids is 1. The second-order valence-electron chi connectivity index (χ2n) is 7.50. The molecule has 0 bridgehead atoms. The van der Waals surface area contributed by atoms with Crippen LogP contribution in [0.2, 0.25) is 0 Å². The van der Waals surface area contributed by atoms with E-state index in [4.69, 9.17) is 16.3 Å². The Morgan fingerprint density at radius 3 is 2.29 bits per heavy atom. The van der Waals surface area contributed by atoms with Gasteiger partial charge in [0.15, 0.2) is 0 Å². The number of nitrogens with one attached hydrogen (secondary N) is 2. The van der Waals surface area contributed by atoms with Gasteiger partial charge in [-0.2, -0.15) is 0 Å². The zero-order valence-corrected chi connectivity index (χ0v) is 19.5. The summed E-state index contributed by atoms with van der Waals surface area (Å²) in [5.41, 5.74) is 1.87. The number of hydrogen-bond acceptors (Lipinski definition) is 6. The maximum Gasteiger partial charge on any atom is 0.573 e. The van der Waals surface area contributed by atoms with Crippen LogP contribution >= 0.6 is 11.6 Å². The second kappa shape index (κ2) is 11.3. The van der Waals surface area contributed by atoms with Crippen molar-refractivity contribution in [2.45, 2.75) is 6.36 Å². The number of piperazine rings is 1. The number of hydrogen-bond donors (Lipinski definition) is 2.